The van der Waals surface area contributed by atoms with Gasteiger partial charge in [-0.1, -0.05) is 30.2 Å². The number of hydrogen-bond donors (Lipinski definition) is 1. The second-order valence-electron chi connectivity index (χ2n) is 7.49. The number of rotatable bonds is 5. The predicted molar refractivity (Wildman–Crippen MR) is 97.3 cm³/mol. The van der Waals surface area contributed by atoms with Gasteiger partial charge in [0.1, 0.15) is 0 Å². The Morgan fingerprint density at radius 2 is 1.92 bits per heavy atom. The molecular formula is C20H32N2O2. The van der Waals surface area contributed by atoms with Gasteiger partial charge < -0.3 is 14.7 Å². The lowest BCUT2D eigenvalue weighted by atomic mass is 10.0. The molecule has 2 atom stereocenters. The normalized spacial score (nSPS) is 24.9. The van der Waals surface area contributed by atoms with Crippen molar-refractivity contribution in [2.75, 3.05) is 45.9 Å². The molecule has 0 bridgehead atoms. The lowest BCUT2D eigenvalue weighted by molar-refractivity contribution is -0.0550. The molecule has 0 aliphatic carbocycles. The van der Waals surface area contributed by atoms with Gasteiger partial charge in [-0.15, -0.1) is 0 Å². The van der Waals surface area contributed by atoms with E-state index in [1.54, 1.807) is 0 Å². The van der Waals surface area contributed by atoms with Crippen molar-refractivity contribution in [3.8, 4) is 0 Å². The molecule has 0 spiro atoms. The molecule has 0 radical (unpaired) electrons. The van der Waals surface area contributed by atoms with Crippen LogP contribution >= 0.6 is 0 Å². The average Bonchev–Trinajstić information content (AvgIpc) is 2.56. The number of morpholine rings is 1. The van der Waals surface area contributed by atoms with Gasteiger partial charge in [-0.3, -0.25) is 4.90 Å². The maximum atomic E-state index is 10.7. The summed E-state index contributed by atoms with van der Waals surface area (Å²) in [5.41, 5.74) is 3.48. The van der Waals surface area contributed by atoms with Crippen LogP contribution in [0.2, 0.25) is 0 Å². The molecule has 24 heavy (non-hydrogen) atoms. The summed E-state index contributed by atoms with van der Waals surface area (Å²) in [6.45, 7) is 11.0. The zero-order valence-corrected chi connectivity index (χ0v) is 15.2. The molecule has 1 aromatic rings. The van der Waals surface area contributed by atoms with E-state index in [0.717, 1.165) is 31.8 Å². The highest BCUT2D eigenvalue weighted by atomic mass is 16.5. The fourth-order valence-corrected chi connectivity index (χ4v) is 4.03. The average molecular weight is 332 g/mol. The lowest BCUT2D eigenvalue weighted by Gasteiger charge is -2.37. The van der Waals surface area contributed by atoms with Crippen molar-refractivity contribution >= 4 is 0 Å². The first kappa shape index (κ1) is 17.9. The summed E-state index contributed by atoms with van der Waals surface area (Å²) >= 11 is 0. The van der Waals surface area contributed by atoms with Gasteiger partial charge in [0.15, 0.2) is 0 Å². The molecule has 134 valence electrons. The molecule has 0 aromatic heterocycles. The Hall–Kier alpha value is -0.940. The van der Waals surface area contributed by atoms with Crippen molar-refractivity contribution in [2.45, 2.75) is 45.3 Å². The van der Waals surface area contributed by atoms with Crippen molar-refractivity contribution in [2.24, 2.45) is 0 Å². The maximum Gasteiger partial charge on any atom is 0.0919 e. The number of nitrogens with zero attached hydrogens (tertiary/aromatic N) is 2. The second-order valence-corrected chi connectivity index (χ2v) is 7.49. The van der Waals surface area contributed by atoms with Crippen LogP contribution in [0.1, 0.15) is 42.1 Å². The summed E-state index contributed by atoms with van der Waals surface area (Å²) in [6.07, 6.45) is 3.88. The van der Waals surface area contributed by atoms with Gasteiger partial charge in [-0.2, -0.15) is 0 Å². The summed E-state index contributed by atoms with van der Waals surface area (Å²) in [4.78, 5) is 4.90. The minimum absolute atomic E-state index is 0.281. The number of likely N-dealkylation sites (tertiary alicyclic amines) is 1. The van der Waals surface area contributed by atoms with E-state index in [-0.39, 0.29) is 6.10 Å². The van der Waals surface area contributed by atoms with E-state index in [1.165, 1.54) is 43.5 Å². The van der Waals surface area contributed by atoms with E-state index in [9.17, 15) is 5.11 Å². The Morgan fingerprint density at radius 1 is 1.12 bits per heavy atom. The smallest absolute Gasteiger partial charge is 0.0919 e. The summed E-state index contributed by atoms with van der Waals surface area (Å²) in [6, 6.07) is 6.31. The molecule has 2 saturated heterocycles. The van der Waals surface area contributed by atoms with Crippen molar-refractivity contribution in [1.82, 2.24) is 9.80 Å². The Morgan fingerprint density at radius 3 is 2.67 bits per heavy atom. The molecule has 2 aliphatic rings. The molecular weight excluding hydrogens is 300 g/mol. The van der Waals surface area contributed by atoms with Gasteiger partial charge in [0.05, 0.1) is 18.8 Å². The molecule has 2 fully saturated rings. The van der Waals surface area contributed by atoms with Gasteiger partial charge >= 0.3 is 0 Å². The quantitative estimate of drug-likeness (QED) is 0.899. The van der Waals surface area contributed by atoms with Crippen molar-refractivity contribution in [3.63, 3.8) is 0 Å². The predicted octanol–water partition coefficient (Wildman–Crippen LogP) is 2.52. The summed E-state index contributed by atoms with van der Waals surface area (Å²) in [5.74, 6) is 0. The van der Waals surface area contributed by atoms with Crippen molar-refractivity contribution in [1.29, 1.82) is 0 Å². The van der Waals surface area contributed by atoms with E-state index in [0.29, 0.717) is 6.54 Å². The number of β-amino-alcohol motifs (C(OH)–C–C–N with tert-alkyl or cyclic N) is 1. The van der Waals surface area contributed by atoms with Crippen LogP contribution in [0.4, 0.5) is 0 Å². The first-order valence-electron chi connectivity index (χ1n) is 9.43. The molecule has 2 aliphatic heterocycles. The summed E-state index contributed by atoms with van der Waals surface area (Å²) < 4.78 is 5.97. The van der Waals surface area contributed by atoms with Gasteiger partial charge in [0, 0.05) is 26.2 Å². The molecule has 0 amide bonds. The van der Waals surface area contributed by atoms with E-state index >= 15 is 0 Å². The Bertz CT molecular complexity index is 528. The fraction of sp³-hybridized carbons (Fsp3) is 0.700. The van der Waals surface area contributed by atoms with Crippen LogP contribution < -0.4 is 0 Å². The second kappa shape index (κ2) is 8.43. The molecule has 4 heteroatoms. The number of hydrogen-bond acceptors (Lipinski definition) is 4. The molecule has 0 unspecified atom stereocenters. The third-order valence-electron chi connectivity index (χ3n) is 5.35. The molecule has 1 aromatic carbocycles. The first-order valence-corrected chi connectivity index (χ1v) is 9.43. The van der Waals surface area contributed by atoms with E-state index < -0.39 is 6.10 Å². The highest BCUT2D eigenvalue weighted by Gasteiger charge is 2.25. The molecule has 1 N–H and O–H groups in total. The fourth-order valence-electron chi connectivity index (χ4n) is 4.03. The topological polar surface area (TPSA) is 35.9 Å². The lowest BCUT2D eigenvalue weighted by Crippen LogP contribution is -2.49. The molecule has 2 heterocycles. The van der Waals surface area contributed by atoms with Gasteiger partial charge in [-0.05, 0) is 50.9 Å². The van der Waals surface area contributed by atoms with Crippen LogP contribution in [0.5, 0.6) is 0 Å². The van der Waals surface area contributed by atoms with Crippen molar-refractivity contribution < 1.29 is 9.84 Å². The molecule has 4 nitrogen and oxygen atoms in total. The van der Waals surface area contributed by atoms with Crippen LogP contribution in [0.15, 0.2) is 18.2 Å². The zero-order chi connectivity index (χ0) is 16.9. The number of piperidine rings is 1. The van der Waals surface area contributed by atoms with Crippen molar-refractivity contribution in [3.05, 3.63) is 34.9 Å². The number of aliphatic hydroxyl groups is 1. The highest BCUT2D eigenvalue weighted by Crippen LogP contribution is 2.21. The highest BCUT2D eigenvalue weighted by molar-refractivity contribution is 5.32. The Balaban J connectivity index is 1.52. The molecule has 3 rings (SSSR count). The largest absolute Gasteiger partial charge is 0.387 e. The molecule has 0 saturated carbocycles. The van der Waals surface area contributed by atoms with Gasteiger partial charge in [-0.25, -0.2) is 0 Å². The minimum Gasteiger partial charge on any atom is -0.387 e. The third-order valence-corrected chi connectivity index (χ3v) is 5.35. The Kier molecular flexibility index (Phi) is 6.28. The van der Waals surface area contributed by atoms with Crippen LogP contribution in [0.3, 0.4) is 0 Å². The van der Waals surface area contributed by atoms with E-state index in [4.69, 9.17) is 4.74 Å². The number of ether oxygens (including phenoxy) is 1. The minimum atomic E-state index is -0.417. The SMILES string of the molecule is Cc1ccc([C@H](O)CN2CCO[C@@H](CN3CCCCC3)C2)c(C)c1. The van der Waals surface area contributed by atoms with Crippen LogP contribution in [-0.4, -0.2) is 66.9 Å². The number of aryl methyl sites for hydroxylation is 2. The standard InChI is InChI=1S/C20H32N2O2/c1-16-6-7-19(17(2)12-16)20(23)15-22-10-11-24-18(14-22)13-21-8-4-3-5-9-21/h6-7,12,18,20,23H,3-5,8-11,13-15H2,1-2H3/t18-,20+/m0/s1. The van der Waals surface area contributed by atoms with E-state index in [1.807, 2.05) is 0 Å². The van der Waals surface area contributed by atoms with Crippen LogP contribution in [0, 0.1) is 13.8 Å². The zero-order valence-electron chi connectivity index (χ0n) is 15.2. The van der Waals surface area contributed by atoms with Crippen LogP contribution in [-0.2, 0) is 4.74 Å². The number of benzene rings is 1. The maximum absolute atomic E-state index is 10.7. The number of aliphatic hydroxyl groups excluding tert-OH is 1. The first-order chi connectivity index (χ1) is 11.6. The summed E-state index contributed by atoms with van der Waals surface area (Å²) in [5, 5.41) is 10.7. The van der Waals surface area contributed by atoms with Crippen LogP contribution in [0.25, 0.3) is 0 Å². The third kappa shape index (κ3) is 4.79. The van der Waals surface area contributed by atoms with Gasteiger partial charge in [0.25, 0.3) is 0 Å². The summed E-state index contributed by atoms with van der Waals surface area (Å²) in [7, 11) is 0. The monoisotopic (exact) mass is 332 g/mol. The van der Waals surface area contributed by atoms with Gasteiger partial charge in [0.2, 0.25) is 0 Å². The Labute approximate surface area is 146 Å². The van der Waals surface area contributed by atoms with E-state index in [2.05, 4.69) is 41.8 Å².